The van der Waals surface area contributed by atoms with Crippen LogP contribution in [0.4, 0.5) is 31.9 Å². The molecule has 248 valence electrons. The summed E-state index contributed by atoms with van der Waals surface area (Å²) in [5.41, 5.74) is 13.3. The highest BCUT2D eigenvalue weighted by molar-refractivity contribution is 6.39. The molecule has 0 bridgehead atoms. The molecule has 1 fully saturated rings. The number of benzene rings is 2. The largest absolute Gasteiger partial charge is 0.489 e. The van der Waals surface area contributed by atoms with E-state index in [2.05, 4.69) is 35.6 Å². The van der Waals surface area contributed by atoms with Gasteiger partial charge in [0.2, 0.25) is 5.95 Å². The van der Waals surface area contributed by atoms with E-state index in [1.54, 1.807) is 0 Å². The van der Waals surface area contributed by atoms with Crippen molar-refractivity contribution >= 4 is 58.2 Å². The minimum atomic E-state index is -2.99. The predicted molar refractivity (Wildman–Crippen MR) is 176 cm³/mol. The number of ether oxygens (including phenoxy) is 2. The Bertz CT molecular complexity index is 1690. The van der Waals surface area contributed by atoms with E-state index in [0.29, 0.717) is 37.4 Å². The van der Waals surface area contributed by atoms with Gasteiger partial charge in [-0.25, -0.2) is 4.98 Å². The number of nitrogens with zero attached hydrogens (tertiary/aromatic N) is 3. The molecule has 0 radical (unpaired) electrons. The Balaban J connectivity index is 0.000000218. The Morgan fingerprint density at radius 2 is 1.81 bits per heavy atom. The number of pyridine rings is 1. The Hall–Kier alpha value is -4.79. The number of rotatable bonds is 13. The van der Waals surface area contributed by atoms with Gasteiger partial charge in [-0.2, -0.15) is 13.8 Å². The molecule has 0 spiro atoms. The lowest BCUT2D eigenvalue weighted by Gasteiger charge is -2.14. The first-order valence-electron chi connectivity index (χ1n) is 14.3. The van der Waals surface area contributed by atoms with Crippen molar-refractivity contribution in [3.63, 3.8) is 0 Å². The number of aryl methyl sites for hydroxylation is 1. The molecule has 0 unspecified atom stereocenters. The summed E-state index contributed by atoms with van der Waals surface area (Å²) in [6.45, 7) is 0.370. The first-order chi connectivity index (χ1) is 22.5. The Morgan fingerprint density at radius 3 is 2.45 bits per heavy atom. The maximum atomic E-state index is 12.6. The molecule has 1 saturated carbocycles. The summed E-state index contributed by atoms with van der Waals surface area (Å²) in [6, 6.07) is 11.7. The lowest BCUT2D eigenvalue weighted by atomic mass is 10.2. The maximum Gasteiger partial charge on any atom is 0.387 e. The summed E-state index contributed by atoms with van der Waals surface area (Å²) in [6.07, 6.45) is 6.14. The molecule has 2 aromatic carbocycles. The fourth-order valence-corrected chi connectivity index (χ4v) is 4.41. The van der Waals surface area contributed by atoms with E-state index in [9.17, 15) is 18.4 Å². The molecule has 0 saturated heterocycles. The van der Waals surface area contributed by atoms with Crippen LogP contribution in [0.25, 0.3) is 0 Å². The number of carbonyl (C=O) groups is 2. The minimum Gasteiger partial charge on any atom is -0.489 e. The number of hydrogen-bond acceptors (Lipinski definition) is 10. The van der Waals surface area contributed by atoms with Crippen molar-refractivity contribution in [1.29, 1.82) is 0 Å². The summed E-state index contributed by atoms with van der Waals surface area (Å²) >= 11 is 12.0. The van der Waals surface area contributed by atoms with Gasteiger partial charge in [-0.05, 0) is 61.6 Å². The number of nitrogens with two attached hydrogens (primary N) is 2. The number of aromatic nitrogens is 3. The van der Waals surface area contributed by atoms with Gasteiger partial charge in [0.05, 0.1) is 22.3 Å². The van der Waals surface area contributed by atoms with Gasteiger partial charge in [-0.1, -0.05) is 35.3 Å². The second-order valence-corrected chi connectivity index (χ2v) is 11.1. The molecule has 2 amide bonds. The van der Waals surface area contributed by atoms with Crippen LogP contribution in [0.15, 0.2) is 61.1 Å². The quantitative estimate of drug-likeness (QED) is 0.111. The minimum absolute atomic E-state index is 0.0803. The molecule has 7 N–H and O–H groups in total. The summed E-state index contributed by atoms with van der Waals surface area (Å²) in [5.74, 6) is -0.00566. The zero-order valence-electron chi connectivity index (χ0n) is 25.1. The van der Waals surface area contributed by atoms with Crippen LogP contribution in [0.1, 0.15) is 39.1 Å². The van der Waals surface area contributed by atoms with Crippen LogP contribution < -0.4 is 36.9 Å². The number of hydrogen-bond donors (Lipinski definition) is 5. The molecular formula is C31H32Cl2F2N8O4. The highest BCUT2D eigenvalue weighted by Crippen LogP contribution is 2.35. The lowest BCUT2D eigenvalue weighted by Crippen LogP contribution is -2.18. The van der Waals surface area contributed by atoms with Crippen LogP contribution in [-0.4, -0.2) is 53.1 Å². The first kappa shape index (κ1) is 35.1. The number of nitrogens with one attached hydrogen (secondary N) is 3. The molecule has 1 aliphatic rings. The number of primary amides is 1. The molecular weight excluding hydrogens is 657 g/mol. The summed E-state index contributed by atoms with van der Waals surface area (Å²) in [4.78, 5) is 36.0. The number of anilines is 4. The monoisotopic (exact) mass is 688 g/mol. The van der Waals surface area contributed by atoms with Crippen molar-refractivity contribution in [3.05, 3.63) is 87.8 Å². The van der Waals surface area contributed by atoms with Crippen LogP contribution in [-0.2, 0) is 0 Å². The molecule has 4 aromatic rings. The van der Waals surface area contributed by atoms with Crippen molar-refractivity contribution < 1.29 is 27.8 Å². The van der Waals surface area contributed by atoms with Gasteiger partial charge in [-0.3, -0.25) is 14.6 Å². The van der Waals surface area contributed by atoms with Gasteiger partial charge in [0, 0.05) is 42.9 Å². The van der Waals surface area contributed by atoms with Crippen molar-refractivity contribution in [1.82, 2.24) is 15.0 Å². The predicted octanol–water partition coefficient (Wildman–Crippen LogP) is 6.03. The van der Waals surface area contributed by atoms with Gasteiger partial charge in [0.15, 0.2) is 11.5 Å². The van der Waals surface area contributed by atoms with Crippen LogP contribution in [0.2, 0.25) is 10.0 Å². The average Bonchev–Trinajstić information content (AvgIpc) is 3.86. The lowest BCUT2D eigenvalue weighted by molar-refractivity contribution is -0.0515. The molecule has 2 aromatic heterocycles. The first-order valence-corrected chi connectivity index (χ1v) is 15.1. The van der Waals surface area contributed by atoms with E-state index in [-0.39, 0.29) is 38.4 Å². The van der Waals surface area contributed by atoms with Gasteiger partial charge in [0.25, 0.3) is 11.8 Å². The zero-order valence-corrected chi connectivity index (χ0v) is 26.6. The molecule has 12 nitrogen and oxygen atoms in total. The van der Waals surface area contributed by atoms with Crippen molar-refractivity contribution in [2.75, 3.05) is 35.6 Å². The summed E-state index contributed by atoms with van der Waals surface area (Å²) < 4.78 is 35.1. The fraction of sp³-hybridized carbons (Fsp3) is 0.258. The summed E-state index contributed by atoms with van der Waals surface area (Å²) in [7, 11) is 0. The fourth-order valence-electron chi connectivity index (χ4n) is 3.95. The Kier molecular flexibility index (Phi) is 12.4. The SMILES string of the molecule is Cc1cccc(Nc2nc(NCCN)ncc2C(N)=O)c1.O=C(Nc1c(Cl)cncc1Cl)c1ccc(OC(F)F)c(OCC2CC2)c1. The van der Waals surface area contributed by atoms with Crippen molar-refractivity contribution in [3.8, 4) is 11.5 Å². The van der Waals surface area contributed by atoms with E-state index < -0.39 is 18.4 Å². The second kappa shape index (κ2) is 16.7. The summed E-state index contributed by atoms with van der Waals surface area (Å²) in [5, 5.41) is 8.97. The zero-order chi connectivity index (χ0) is 33.9. The van der Waals surface area contributed by atoms with Crippen molar-refractivity contribution in [2.45, 2.75) is 26.4 Å². The van der Waals surface area contributed by atoms with E-state index >= 15 is 0 Å². The van der Waals surface area contributed by atoms with Crippen LogP contribution in [0, 0.1) is 12.8 Å². The van der Waals surface area contributed by atoms with Crippen LogP contribution in [0.3, 0.4) is 0 Å². The number of halogens is 4. The number of amides is 2. The van der Waals surface area contributed by atoms with Crippen LogP contribution in [0.5, 0.6) is 11.5 Å². The van der Waals surface area contributed by atoms with Gasteiger partial charge >= 0.3 is 6.61 Å². The van der Waals surface area contributed by atoms with Gasteiger partial charge in [-0.15, -0.1) is 0 Å². The molecule has 0 aliphatic heterocycles. The van der Waals surface area contributed by atoms with Crippen molar-refractivity contribution in [2.24, 2.45) is 17.4 Å². The van der Waals surface area contributed by atoms with Crippen LogP contribution >= 0.6 is 23.2 Å². The number of carbonyl (C=O) groups excluding carboxylic acids is 2. The maximum absolute atomic E-state index is 12.6. The third kappa shape index (κ3) is 10.6. The smallest absolute Gasteiger partial charge is 0.387 e. The van der Waals surface area contributed by atoms with E-state index in [1.165, 1.54) is 36.8 Å². The molecule has 2 heterocycles. The molecule has 47 heavy (non-hydrogen) atoms. The topological polar surface area (TPSA) is 179 Å². The van der Waals surface area contributed by atoms with E-state index in [0.717, 1.165) is 24.1 Å². The average molecular weight is 690 g/mol. The molecule has 1 aliphatic carbocycles. The highest BCUT2D eigenvalue weighted by Gasteiger charge is 2.24. The van der Waals surface area contributed by atoms with E-state index in [4.69, 9.17) is 39.4 Å². The molecule has 5 rings (SSSR count). The standard InChI is InChI=1S/C17H14Cl2F2N2O3.C14H18N6O/c18-11-6-22-7-12(19)15(11)23-16(24)10-3-4-13(26-17(20)21)14(5-10)25-8-9-1-2-9;1-9-3-2-4-10(7-9)19-13-11(12(16)21)8-18-14(20-13)17-6-5-15/h3-7,9,17H,1-2,8H2,(H,22,23,24);2-4,7-8H,5-6,15H2,1H3,(H2,16,21)(H2,17,18,19,20). The van der Waals surface area contributed by atoms with E-state index in [1.807, 2.05) is 31.2 Å². The van der Waals surface area contributed by atoms with Gasteiger partial charge in [0.1, 0.15) is 11.4 Å². The number of alkyl halides is 2. The molecule has 0 atom stereocenters. The van der Waals surface area contributed by atoms with Gasteiger partial charge < -0.3 is 36.9 Å². The highest BCUT2D eigenvalue weighted by atomic mass is 35.5. The Morgan fingerprint density at radius 1 is 1.06 bits per heavy atom. The third-order valence-electron chi connectivity index (χ3n) is 6.45. The second-order valence-electron chi connectivity index (χ2n) is 10.3. The molecule has 16 heteroatoms. The third-order valence-corrected chi connectivity index (χ3v) is 7.02. The normalized spacial score (nSPS) is 12.1. The Labute approximate surface area is 279 Å².